The normalized spacial score (nSPS) is 11.2. The second-order valence-corrected chi connectivity index (χ2v) is 7.27. The minimum atomic E-state index is -0.571. The summed E-state index contributed by atoms with van der Waals surface area (Å²) < 4.78 is 5.81. The second-order valence-electron chi connectivity index (χ2n) is 6.86. The summed E-state index contributed by atoms with van der Waals surface area (Å²) in [7, 11) is 0. The first kappa shape index (κ1) is 20.3. The monoisotopic (exact) mass is 433 g/mol. The van der Waals surface area contributed by atoms with Gasteiger partial charge in [-0.15, -0.1) is 0 Å². The summed E-state index contributed by atoms with van der Waals surface area (Å²) in [6.45, 7) is 1.99. The first-order valence-corrected chi connectivity index (χ1v) is 9.67. The number of anilines is 1. The fraction of sp³-hybridized carbons (Fsp3) is 0.0435. The summed E-state index contributed by atoms with van der Waals surface area (Å²) >= 11 is 5.80. The Balaban J connectivity index is 1.50. The molecule has 4 rings (SSSR count). The molecule has 0 spiro atoms. The van der Waals surface area contributed by atoms with Crippen LogP contribution in [-0.4, -0.2) is 15.8 Å². The number of nitro groups is 1. The van der Waals surface area contributed by atoms with E-state index >= 15 is 0 Å². The molecule has 0 saturated carbocycles. The van der Waals surface area contributed by atoms with Crippen molar-refractivity contribution in [3.05, 3.63) is 93.0 Å². The highest BCUT2D eigenvalue weighted by Crippen LogP contribution is 2.27. The van der Waals surface area contributed by atoms with Crippen molar-refractivity contribution in [2.24, 2.45) is 0 Å². The number of aryl methyl sites for hydroxylation is 1. The van der Waals surface area contributed by atoms with Gasteiger partial charge in [0, 0.05) is 23.4 Å². The predicted molar refractivity (Wildman–Crippen MR) is 120 cm³/mol. The van der Waals surface area contributed by atoms with Gasteiger partial charge in [-0.05, 0) is 60.5 Å². The number of aromatic nitrogens is 1. The third-order valence-electron chi connectivity index (χ3n) is 4.51. The average Bonchev–Trinajstić information content (AvgIpc) is 3.16. The average molecular weight is 434 g/mol. The van der Waals surface area contributed by atoms with Crippen LogP contribution in [0.4, 0.5) is 11.4 Å². The van der Waals surface area contributed by atoms with E-state index in [0.29, 0.717) is 22.7 Å². The van der Waals surface area contributed by atoms with E-state index in [1.54, 1.807) is 24.3 Å². The van der Waals surface area contributed by atoms with E-state index in [2.05, 4.69) is 10.3 Å². The number of nitrogens with zero attached hydrogens (tertiary/aromatic N) is 2. The van der Waals surface area contributed by atoms with Crippen LogP contribution in [0.5, 0.6) is 0 Å². The Morgan fingerprint density at radius 3 is 2.81 bits per heavy atom. The number of hydrogen-bond donors (Lipinski definition) is 1. The van der Waals surface area contributed by atoms with Crippen LogP contribution in [0.2, 0.25) is 5.02 Å². The molecule has 7 nitrogen and oxygen atoms in total. The molecule has 31 heavy (non-hydrogen) atoms. The van der Waals surface area contributed by atoms with Crippen LogP contribution in [0.15, 0.2) is 71.2 Å². The molecule has 4 aromatic rings. The molecule has 0 unspecified atom stereocenters. The summed E-state index contributed by atoms with van der Waals surface area (Å²) in [5, 5.41) is 13.8. The minimum Gasteiger partial charge on any atom is -0.436 e. The molecule has 0 fully saturated rings. The van der Waals surface area contributed by atoms with E-state index < -0.39 is 4.92 Å². The maximum atomic E-state index is 12.3. The minimum absolute atomic E-state index is 0.0396. The molecule has 0 aliphatic rings. The number of benzene rings is 3. The number of nitro benzene ring substituents is 1. The van der Waals surface area contributed by atoms with Gasteiger partial charge >= 0.3 is 0 Å². The maximum absolute atomic E-state index is 12.3. The Labute approximate surface area is 182 Å². The number of oxazole rings is 1. The quantitative estimate of drug-likeness (QED) is 0.236. The van der Waals surface area contributed by atoms with E-state index in [9.17, 15) is 14.9 Å². The highest BCUT2D eigenvalue weighted by Gasteiger charge is 2.12. The topological polar surface area (TPSA) is 98.3 Å². The van der Waals surface area contributed by atoms with Crippen LogP contribution in [0, 0.1) is 17.0 Å². The molecule has 0 bridgehead atoms. The van der Waals surface area contributed by atoms with Gasteiger partial charge in [-0.3, -0.25) is 14.9 Å². The smallest absolute Gasteiger partial charge is 0.288 e. The summed E-state index contributed by atoms with van der Waals surface area (Å²) in [5.74, 6) is 0.0728. The number of carbonyl (C=O) groups excluding carboxylic acids is 1. The van der Waals surface area contributed by atoms with Gasteiger partial charge in [-0.25, -0.2) is 4.98 Å². The lowest BCUT2D eigenvalue weighted by atomic mass is 10.2. The highest BCUT2D eigenvalue weighted by molar-refractivity contribution is 6.32. The van der Waals surface area contributed by atoms with Crippen molar-refractivity contribution in [1.29, 1.82) is 0 Å². The predicted octanol–water partition coefficient (Wildman–Crippen LogP) is 6.02. The molecule has 154 valence electrons. The SMILES string of the molecule is Cc1ccc2oc(-c3cccc(NC(=O)C=Cc4ccc(Cl)c([N+](=O)[O-])c4)c3)nc2c1. The third kappa shape index (κ3) is 4.62. The van der Waals surface area contributed by atoms with Crippen LogP contribution >= 0.6 is 11.6 Å². The Morgan fingerprint density at radius 1 is 1.16 bits per heavy atom. The lowest BCUT2D eigenvalue weighted by molar-refractivity contribution is -0.384. The van der Waals surface area contributed by atoms with Crippen molar-refractivity contribution in [2.75, 3.05) is 5.32 Å². The number of halogens is 1. The Hall–Kier alpha value is -3.97. The van der Waals surface area contributed by atoms with Crippen molar-refractivity contribution in [1.82, 2.24) is 4.98 Å². The maximum Gasteiger partial charge on any atom is 0.288 e. The zero-order chi connectivity index (χ0) is 22.0. The van der Waals surface area contributed by atoms with Crippen molar-refractivity contribution in [3.8, 4) is 11.5 Å². The Bertz CT molecular complexity index is 1340. The molecule has 0 saturated heterocycles. The molecule has 1 N–H and O–H groups in total. The van der Waals surface area contributed by atoms with Crippen molar-refractivity contribution in [3.63, 3.8) is 0 Å². The zero-order valence-corrected chi connectivity index (χ0v) is 17.1. The zero-order valence-electron chi connectivity index (χ0n) is 16.3. The van der Waals surface area contributed by atoms with Crippen LogP contribution in [0.25, 0.3) is 28.6 Å². The molecule has 0 radical (unpaired) electrons. The molecule has 1 amide bonds. The van der Waals surface area contributed by atoms with Gasteiger partial charge in [0.15, 0.2) is 5.58 Å². The van der Waals surface area contributed by atoms with Gasteiger partial charge in [0.25, 0.3) is 5.69 Å². The summed E-state index contributed by atoms with van der Waals surface area (Å²) in [6.07, 6.45) is 2.77. The largest absolute Gasteiger partial charge is 0.436 e. The molecule has 8 heteroatoms. The van der Waals surface area contributed by atoms with Crippen molar-refractivity contribution in [2.45, 2.75) is 6.92 Å². The molecule has 1 aromatic heterocycles. The van der Waals surface area contributed by atoms with E-state index in [1.807, 2.05) is 31.2 Å². The molecular formula is C23H16ClN3O4. The number of hydrogen-bond acceptors (Lipinski definition) is 5. The first-order chi connectivity index (χ1) is 14.9. The molecular weight excluding hydrogens is 418 g/mol. The summed E-state index contributed by atoms with van der Waals surface area (Å²) in [6, 6.07) is 17.2. The van der Waals surface area contributed by atoms with Crippen molar-refractivity contribution < 1.29 is 14.1 Å². The molecule has 0 aliphatic heterocycles. The van der Waals surface area contributed by atoms with Crippen LogP contribution < -0.4 is 5.32 Å². The first-order valence-electron chi connectivity index (χ1n) is 9.30. The van der Waals surface area contributed by atoms with Crippen LogP contribution in [0.3, 0.4) is 0 Å². The Kier molecular flexibility index (Phi) is 5.51. The fourth-order valence-corrected chi connectivity index (χ4v) is 3.21. The third-order valence-corrected chi connectivity index (χ3v) is 4.83. The number of nitrogens with one attached hydrogen (secondary N) is 1. The lowest BCUT2D eigenvalue weighted by Crippen LogP contribution is -2.07. The fourth-order valence-electron chi connectivity index (χ4n) is 3.02. The number of rotatable bonds is 5. The summed E-state index contributed by atoms with van der Waals surface area (Å²) in [4.78, 5) is 27.2. The second kappa shape index (κ2) is 8.41. The molecule has 3 aromatic carbocycles. The molecule has 0 aliphatic carbocycles. The van der Waals surface area contributed by atoms with Gasteiger partial charge in [0.1, 0.15) is 10.5 Å². The van der Waals surface area contributed by atoms with Crippen LogP contribution in [0.1, 0.15) is 11.1 Å². The molecule has 0 atom stereocenters. The van der Waals surface area contributed by atoms with E-state index in [1.165, 1.54) is 24.3 Å². The van der Waals surface area contributed by atoms with Crippen molar-refractivity contribution >= 4 is 46.1 Å². The number of fused-ring (bicyclic) bond motifs is 1. The molecule has 1 heterocycles. The van der Waals surface area contributed by atoms with E-state index in [4.69, 9.17) is 16.0 Å². The number of carbonyl (C=O) groups is 1. The van der Waals surface area contributed by atoms with Gasteiger partial charge in [0.2, 0.25) is 11.8 Å². The van der Waals surface area contributed by atoms with Gasteiger partial charge in [-0.1, -0.05) is 29.8 Å². The van der Waals surface area contributed by atoms with E-state index in [-0.39, 0.29) is 16.6 Å². The van der Waals surface area contributed by atoms with Gasteiger partial charge in [-0.2, -0.15) is 0 Å². The van der Waals surface area contributed by atoms with Gasteiger partial charge in [0.05, 0.1) is 4.92 Å². The Morgan fingerprint density at radius 2 is 2.00 bits per heavy atom. The van der Waals surface area contributed by atoms with E-state index in [0.717, 1.165) is 16.6 Å². The standard InChI is InChI=1S/C23H16ClN3O4/c1-14-5-9-21-19(11-14)26-23(31-21)16-3-2-4-17(13-16)25-22(28)10-7-15-6-8-18(24)20(12-15)27(29)30/h2-13H,1H3,(H,25,28). The lowest BCUT2D eigenvalue weighted by Gasteiger charge is -2.04. The van der Waals surface area contributed by atoms with Crippen LogP contribution in [-0.2, 0) is 4.79 Å². The van der Waals surface area contributed by atoms with Gasteiger partial charge < -0.3 is 9.73 Å². The summed E-state index contributed by atoms with van der Waals surface area (Å²) in [5.41, 5.74) is 4.11. The highest BCUT2D eigenvalue weighted by atomic mass is 35.5. The number of amides is 1.